The maximum absolute atomic E-state index is 12.9. The highest BCUT2D eigenvalue weighted by Gasteiger charge is 2.19. The Morgan fingerprint density at radius 2 is 1.69 bits per heavy atom. The topological polar surface area (TPSA) is 78.4 Å². The number of anilines is 1. The molecule has 1 aliphatic heterocycles. The van der Waals surface area contributed by atoms with Crippen molar-refractivity contribution in [3.8, 4) is 0 Å². The number of aromatic nitrogens is 2. The third kappa shape index (κ3) is 4.96. The van der Waals surface area contributed by atoms with Gasteiger partial charge in [-0.15, -0.1) is 0 Å². The molecule has 7 nitrogen and oxygen atoms in total. The van der Waals surface area contributed by atoms with E-state index in [2.05, 4.69) is 24.5 Å². The van der Waals surface area contributed by atoms with Crippen molar-refractivity contribution in [1.82, 2.24) is 19.6 Å². The summed E-state index contributed by atoms with van der Waals surface area (Å²) in [6.45, 7) is 4.65. The Balaban J connectivity index is 1.39. The zero-order valence-corrected chi connectivity index (χ0v) is 15.2. The van der Waals surface area contributed by atoms with Crippen molar-refractivity contribution in [2.24, 2.45) is 0 Å². The highest BCUT2D eigenvalue weighted by Crippen LogP contribution is 2.11. The molecule has 1 N–H and O–H groups in total. The highest BCUT2D eigenvalue weighted by atomic mass is 32.2. The molecule has 1 fully saturated rings. The minimum Gasteiger partial charge on any atom is -0.338 e. The number of benzene rings is 1. The smallest absolute Gasteiger partial charge is 0.240 e. The van der Waals surface area contributed by atoms with Crippen LogP contribution in [-0.4, -0.2) is 62.6 Å². The molecule has 0 atom stereocenters. The Kier molecular flexibility index (Phi) is 6.12. The second kappa shape index (κ2) is 8.52. The van der Waals surface area contributed by atoms with Crippen molar-refractivity contribution < 1.29 is 12.8 Å². The molecular formula is C17H22FN5O2S. The molecule has 0 bridgehead atoms. The summed E-state index contributed by atoms with van der Waals surface area (Å²) in [5.74, 6) is 0.295. The van der Waals surface area contributed by atoms with Crippen LogP contribution < -0.4 is 9.62 Å². The van der Waals surface area contributed by atoms with Crippen LogP contribution in [0.15, 0.2) is 47.6 Å². The minimum absolute atomic E-state index is 0.0791. The van der Waals surface area contributed by atoms with Crippen LogP contribution in [-0.2, 0) is 10.0 Å². The van der Waals surface area contributed by atoms with E-state index in [-0.39, 0.29) is 4.90 Å². The summed E-state index contributed by atoms with van der Waals surface area (Å²) in [6.07, 6.45) is 4.19. The molecule has 0 spiro atoms. The molecule has 0 aliphatic carbocycles. The van der Waals surface area contributed by atoms with E-state index in [0.717, 1.165) is 50.8 Å². The Labute approximate surface area is 152 Å². The molecule has 26 heavy (non-hydrogen) atoms. The highest BCUT2D eigenvalue weighted by molar-refractivity contribution is 7.89. The van der Waals surface area contributed by atoms with Crippen LogP contribution in [0.4, 0.5) is 10.3 Å². The van der Waals surface area contributed by atoms with Gasteiger partial charge in [-0.25, -0.2) is 27.5 Å². The summed E-state index contributed by atoms with van der Waals surface area (Å²) in [5.41, 5.74) is 0. The largest absolute Gasteiger partial charge is 0.338 e. The zero-order valence-electron chi connectivity index (χ0n) is 14.4. The van der Waals surface area contributed by atoms with Gasteiger partial charge in [0, 0.05) is 45.1 Å². The molecule has 0 amide bonds. The maximum atomic E-state index is 12.9. The van der Waals surface area contributed by atoms with Gasteiger partial charge in [0.05, 0.1) is 4.90 Å². The molecule has 140 valence electrons. The monoisotopic (exact) mass is 379 g/mol. The first-order valence-corrected chi connectivity index (χ1v) is 10.0. The summed E-state index contributed by atoms with van der Waals surface area (Å²) in [4.78, 5) is 13.0. The Bertz CT molecular complexity index is 794. The van der Waals surface area contributed by atoms with Crippen molar-refractivity contribution in [2.75, 3.05) is 44.2 Å². The molecule has 9 heteroatoms. The second-order valence-corrected chi connectivity index (χ2v) is 7.85. The van der Waals surface area contributed by atoms with Crippen LogP contribution in [0.2, 0.25) is 0 Å². The van der Waals surface area contributed by atoms with Crippen LogP contribution in [0.1, 0.15) is 6.42 Å². The van der Waals surface area contributed by atoms with Crippen LogP contribution >= 0.6 is 0 Å². The lowest BCUT2D eigenvalue weighted by Crippen LogP contribution is -2.47. The quantitative estimate of drug-likeness (QED) is 0.726. The number of rotatable bonds is 7. The van der Waals surface area contributed by atoms with Crippen molar-refractivity contribution in [3.05, 3.63) is 48.5 Å². The van der Waals surface area contributed by atoms with Crippen LogP contribution in [0, 0.1) is 5.82 Å². The van der Waals surface area contributed by atoms with E-state index in [1.54, 1.807) is 18.5 Å². The molecule has 0 radical (unpaired) electrons. The zero-order chi connectivity index (χ0) is 18.4. The summed E-state index contributed by atoms with van der Waals surface area (Å²) < 4.78 is 39.7. The van der Waals surface area contributed by atoms with Gasteiger partial charge in [-0.2, -0.15) is 0 Å². The van der Waals surface area contributed by atoms with Crippen LogP contribution in [0.25, 0.3) is 0 Å². The number of piperazine rings is 1. The van der Waals surface area contributed by atoms with E-state index in [1.807, 2.05) is 0 Å². The molecule has 1 aliphatic rings. The van der Waals surface area contributed by atoms with Crippen molar-refractivity contribution in [2.45, 2.75) is 11.3 Å². The summed E-state index contributed by atoms with van der Waals surface area (Å²) in [5, 5.41) is 0. The summed E-state index contributed by atoms with van der Waals surface area (Å²) in [6, 6.07) is 6.62. The van der Waals surface area contributed by atoms with E-state index in [0.29, 0.717) is 13.0 Å². The molecule has 1 aromatic carbocycles. The fourth-order valence-corrected chi connectivity index (χ4v) is 3.91. The first-order valence-electron chi connectivity index (χ1n) is 8.54. The van der Waals surface area contributed by atoms with Gasteiger partial charge in [0.1, 0.15) is 5.82 Å². The van der Waals surface area contributed by atoms with Crippen molar-refractivity contribution >= 4 is 16.0 Å². The molecule has 0 unspecified atom stereocenters. The van der Waals surface area contributed by atoms with Gasteiger partial charge in [0.15, 0.2) is 0 Å². The fraction of sp³-hybridized carbons (Fsp3) is 0.412. The number of nitrogens with zero attached hydrogens (tertiary/aromatic N) is 4. The van der Waals surface area contributed by atoms with Gasteiger partial charge >= 0.3 is 0 Å². The lowest BCUT2D eigenvalue weighted by Gasteiger charge is -2.34. The lowest BCUT2D eigenvalue weighted by molar-refractivity contribution is 0.254. The minimum atomic E-state index is -3.58. The number of halogens is 1. The normalized spacial score (nSPS) is 16.0. The molecule has 0 saturated carbocycles. The first kappa shape index (κ1) is 18.7. The van der Waals surface area contributed by atoms with E-state index in [4.69, 9.17) is 0 Å². The Morgan fingerprint density at radius 3 is 2.35 bits per heavy atom. The maximum Gasteiger partial charge on any atom is 0.240 e. The van der Waals surface area contributed by atoms with Gasteiger partial charge < -0.3 is 4.90 Å². The molecule has 1 aromatic heterocycles. The lowest BCUT2D eigenvalue weighted by atomic mass is 10.3. The first-order chi connectivity index (χ1) is 12.5. The van der Waals surface area contributed by atoms with Crippen LogP contribution in [0.5, 0.6) is 0 Å². The van der Waals surface area contributed by atoms with Crippen molar-refractivity contribution in [1.29, 1.82) is 0 Å². The summed E-state index contributed by atoms with van der Waals surface area (Å²) in [7, 11) is -3.58. The Hall–Kier alpha value is -2.10. The van der Waals surface area contributed by atoms with Gasteiger partial charge in [-0.3, -0.25) is 4.90 Å². The number of sulfonamides is 1. The predicted molar refractivity (Wildman–Crippen MR) is 96.9 cm³/mol. The summed E-state index contributed by atoms with van der Waals surface area (Å²) >= 11 is 0. The average molecular weight is 379 g/mol. The molecular weight excluding hydrogens is 357 g/mol. The van der Waals surface area contributed by atoms with Gasteiger partial charge in [-0.1, -0.05) is 0 Å². The van der Waals surface area contributed by atoms with Crippen LogP contribution in [0.3, 0.4) is 0 Å². The van der Waals surface area contributed by atoms with E-state index in [9.17, 15) is 12.8 Å². The molecule has 1 saturated heterocycles. The third-order valence-corrected chi connectivity index (χ3v) is 5.75. The number of hydrogen-bond donors (Lipinski definition) is 1. The van der Waals surface area contributed by atoms with Crippen molar-refractivity contribution in [3.63, 3.8) is 0 Å². The third-order valence-electron chi connectivity index (χ3n) is 4.27. The predicted octanol–water partition coefficient (Wildman–Crippen LogP) is 1.11. The molecule has 2 heterocycles. The average Bonchev–Trinajstić information content (AvgIpc) is 2.67. The van der Waals surface area contributed by atoms with Gasteiger partial charge in [0.25, 0.3) is 0 Å². The number of nitrogens with one attached hydrogen (secondary N) is 1. The van der Waals surface area contributed by atoms with E-state index >= 15 is 0 Å². The SMILES string of the molecule is O=S(=O)(NCCCN1CCN(c2ncccn2)CC1)c1ccc(F)cc1. The second-order valence-electron chi connectivity index (χ2n) is 6.08. The number of hydrogen-bond acceptors (Lipinski definition) is 6. The molecule has 3 rings (SSSR count). The van der Waals surface area contributed by atoms with Gasteiger partial charge in [0.2, 0.25) is 16.0 Å². The van der Waals surface area contributed by atoms with E-state index in [1.165, 1.54) is 12.1 Å². The fourth-order valence-electron chi connectivity index (χ4n) is 2.83. The van der Waals surface area contributed by atoms with E-state index < -0.39 is 15.8 Å². The Morgan fingerprint density at radius 1 is 1.04 bits per heavy atom. The standard InChI is InChI=1S/C17H22FN5O2S/c18-15-3-5-16(6-4-15)26(24,25)21-9-2-10-22-11-13-23(14-12-22)17-19-7-1-8-20-17/h1,3-8,21H,2,9-14H2. The molecule has 2 aromatic rings. The van der Waals surface area contributed by atoms with Gasteiger partial charge in [-0.05, 0) is 43.3 Å².